The first kappa shape index (κ1) is 16.9. The van der Waals surface area contributed by atoms with Gasteiger partial charge in [-0.15, -0.1) is 0 Å². The third-order valence-corrected chi connectivity index (χ3v) is 3.13. The Kier molecular flexibility index (Phi) is 9.85. The number of hydrogen-bond acceptors (Lipinski definition) is 2. The van der Waals surface area contributed by atoms with Crippen molar-refractivity contribution >= 4 is 0 Å². The topological polar surface area (TPSA) is 32.3 Å². The summed E-state index contributed by atoms with van der Waals surface area (Å²) in [6.45, 7) is 10.3. The lowest BCUT2D eigenvalue weighted by molar-refractivity contribution is 0.0475. The Hall–Kier alpha value is -0.0800. The maximum absolute atomic E-state index is 10.2. The molecule has 0 bridgehead atoms. The van der Waals surface area contributed by atoms with E-state index in [9.17, 15) is 5.11 Å². The lowest BCUT2D eigenvalue weighted by Gasteiger charge is -2.24. The van der Waals surface area contributed by atoms with Gasteiger partial charge in [-0.1, -0.05) is 59.3 Å². The van der Waals surface area contributed by atoms with Crippen molar-refractivity contribution in [2.24, 2.45) is 5.92 Å². The number of unbranched alkanes of at least 4 members (excludes halogenated alkanes) is 5. The Bertz CT molecular complexity index is 166. The van der Waals surface area contributed by atoms with Crippen LogP contribution in [0.3, 0.4) is 0 Å². The van der Waals surface area contributed by atoms with Crippen LogP contribution in [0.1, 0.15) is 72.6 Å². The molecule has 0 aromatic heterocycles. The van der Waals surface area contributed by atoms with E-state index in [2.05, 4.69) is 26.1 Å². The highest BCUT2D eigenvalue weighted by molar-refractivity contribution is 4.75. The predicted octanol–water partition coefficient (Wildman–Crippen LogP) is 3.73. The fourth-order valence-corrected chi connectivity index (χ4v) is 2.00. The molecule has 104 valence electrons. The molecule has 2 heteroatoms. The third-order valence-electron chi connectivity index (χ3n) is 3.13. The molecule has 0 heterocycles. The molecule has 0 aliphatic carbocycles. The average molecular weight is 243 g/mol. The molecule has 1 unspecified atom stereocenters. The van der Waals surface area contributed by atoms with E-state index in [0.717, 1.165) is 25.9 Å². The van der Waals surface area contributed by atoms with E-state index in [1.807, 2.05) is 6.92 Å². The van der Waals surface area contributed by atoms with Crippen LogP contribution in [-0.2, 0) is 0 Å². The van der Waals surface area contributed by atoms with Crippen molar-refractivity contribution in [2.45, 2.75) is 78.2 Å². The van der Waals surface area contributed by atoms with Gasteiger partial charge in [0.05, 0.1) is 5.60 Å². The summed E-state index contributed by atoms with van der Waals surface area (Å²) in [5, 5.41) is 13.5. The largest absolute Gasteiger partial charge is 0.389 e. The van der Waals surface area contributed by atoms with Gasteiger partial charge in [-0.05, 0) is 25.8 Å². The highest BCUT2D eigenvalue weighted by Crippen LogP contribution is 2.15. The minimum atomic E-state index is -0.528. The minimum Gasteiger partial charge on any atom is -0.389 e. The zero-order chi connectivity index (χ0) is 13.1. The first-order valence-electron chi connectivity index (χ1n) is 7.41. The lowest BCUT2D eigenvalue weighted by Crippen LogP contribution is -2.39. The Morgan fingerprint density at radius 1 is 1.06 bits per heavy atom. The summed E-state index contributed by atoms with van der Waals surface area (Å²) >= 11 is 0. The molecule has 1 atom stereocenters. The second-order valence-corrected chi connectivity index (χ2v) is 6.04. The van der Waals surface area contributed by atoms with Gasteiger partial charge in [0.15, 0.2) is 0 Å². The molecule has 0 rings (SSSR count). The van der Waals surface area contributed by atoms with Crippen molar-refractivity contribution in [3.05, 3.63) is 0 Å². The van der Waals surface area contributed by atoms with Gasteiger partial charge in [0.2, 0.25) is 0 Å². The molecule has 17 heavy (non-hydrogen) atoms. The monoisotopic (exact) mass is 243 g/mol. The second kappa shape index (κ2) is 9.90. The van der Waals surface area contributed by atoms with E-state index in [1.54, 1.807) is 0 Å². The van der Waals surface area contributed by atoms with Gasteiger partial charge in [0.1, 0.15) is 0 Å². The third kappa shape index (κ3) is 12.2. The van der Waals surface area contributed by atoms with Crippen molar-refractivity contribution in [3.8, 4) is 0 Å². The molecule has 0 fully saturated rings. The Morgan fingerprint density at radius 3 is 2.24 bits per heavy atom. The first-order valence-corrected chi connectivity index (χ1v) is 7.41. The van der Waals surface area contributed by atoms with Crippen LogP contribution in [0.4, 0.5) is 0 Å². The first-order chi connectivity index (χ1) is 7.98. The van der Waals surface area contributed by atoms with Gasteiger partial charge < -0.3 is 10.4 Å². The number of aliphatic hydroxyl groups is 1. The summed E-state index contributed by atoms with van der Waals surface area (Å²) < 4.78 is 0. The predicted molar refractivity (Wildman–Crippen MR) is 76.3 cm³/mol. The minimum absolute atomic E-state index is 0.528. The molecular weight excluding hydrogens is 210 g/mol. The summed E-state index contributed by atoms with van der Waals surface area (Å²) in [5.74, 6) is 0.653. The van der Waals surface area contributed by atoms with Crippen LogP contribution in [0.2, 0.25) is 0 Å². The highest BCUT2D eigenvalue weighted by atomic mass is 16.3. The second-order valence-electron chi connectivity index (χ2n) is 6.04. The van der Waals surface area contributed by atoms with Gasteiger partial charge >= 0.3 is 0 Å². The highest BCUT2D eigenvalue weighted by Gasteiger charge is 2.18. The van der Waals surface area contributed by atoms with Crippen LogP contribution in [0.15, 0.2) is 0 Å². The molecule has 0 saturated heterocycles. The van der Waals surface area contributed by atoms with Gasteiger partial charge in [0, 0.05) is 6.54 Å². The summed E-state index contributed by atoms with van der Waals surface area (Å²) in [6.07, 6.45) is 8.67. The van der Waals surface area contributed by atoms with Crippen molar-refractivity contribution in [1.82, 2.24) is 5.32 Å². The summed E-state index contributed by atoms with van der Waals surface area (Å²) in [7, 11) is 0. The molecular formula is C15H33NO. The van der Waals surface area contributed by atoms with Crippen molar-refractivity contribution < 1.29 is 5.11 Å². The molecule has 0 aliphatic heterocycles. The Balaban J connectivity index is 3.43. The maximum atomic E-state index is 10.2. The fourth-order valence-electron chi connectivity index (χ4n) is 2.00. The summed E-state index contributed by atoms with van der Waals surface area (Å²) in [4.78, 5) is 0. The summed E-state index contributed by atoms with van der Waals surface area (Å²) in [6, 6.07) is 0. The smallest absolute Gasteiger partial charge is 0.0743 e. The number of hydrogen-bond donors (Lipinski definition) is 2. The quantitative estimate of drug-likeness (QED) is 0.542. The molecule has 0 saturated carbocycles. The van der Waals surface area contributed by atoms with Crippen LogP contribution < -0.4 is 5.32 Å². The molecule has 0 amide bonds. The normalized spacial score (nSPS) is 15.2. The van der Waals surface area contributed by atoms with Crippen LogP contribution >= 0.6 is 0 Å². The molecule has 0 aromatic carbocycles. The van der Waals surface area contributed by atoms with Gasteiger partial charge in [-0.25, -0.2) is 0 Å². The van der Waals surface area contributed by atoms with Crippen molar-refractivity contribution in [2.75, 3.05) is 13.1 Å². The van der Waals surface area contributed by atoms with E-state index in [1.165, 1.54) is 32.1 Å². The van der Waals surface area contributed by atoms with E-state index in [4.69, 9.17) is 0 Å². The van der Waals surface area contributed by atoms with Gasteiger partial charge in [0.25, 0.3) is 0 Å². The SMILES string of the molecule is CCCCCCCCC(C)(O)CNCC(C)C. The Labute approximate surface area is 108 Å². The molecule has 0 spiro atoms. The van der Waals surface area contributed by atoms with E-state index in [-0.39, 0.29) is 0 Å². The van der Waals surface area contributed by atoms with Gasteiger partial charge in [-0.3, -0.25) is 0 Å². The average Bonchev–Trinajstić information content (AvgIpc) is 2.22. The molecule has 2 N–H and O–H groups in total. The van der Waals surface area contributed by atoms with Crippen LogP contribution in [-0.4, -0.2) is 23.8 Å². The fraction of sp³-hybridized carbons (Fsp3) is 1.00. The zero-order valence-electron chi connectivity index (χ0n) is 12.4. The van der Waals surface area contributed by atoms with Gasteiger partial charge in [-0.2, -0.15) is 0 Å². The molecule has 0 aliphatic rings. The summed E-state index contributed by atoms with van der Waals surface area (Å²) in [5.41, 5.74) is -0.528. The Morgan fingerprint density at radius 2 is 1.65 bits per heavy atom. The molecule has 0 radical (unpaired) electrons. The number of rotatable bonds is 11. The zero-order valence-corrected chi connectivity index (χ0v) is 12.4. The standard InChI is InChI=1S/C15H33NO/c1-5-6-7-8-9-10-11-15(4,17)13-16-12-14(2)3/h14,16-17H,5-13H2,1-4H3. The van der Waals surface area contributed by atoms with E-state index in [0.29, 0.717) is 5.92 Å². The lowest BCUT2D eigenvalue weighted by atomic mass is 9.97. The van der Waals surface area contributed by atoms with Crippen LogP contribution in [0.25, 0.3) is 0 Å². The molecule has 2 nitrogen and oxygen atoms in total. The van der Waals surface area contributed by atoms with Crippen molar-refractivity contribution in [1.29, 1.82) is 0 Å². The van der Waals surface area contributed by atoms with Crippen molar-refractivity contribution in [3.63, 3.8) is 0 Å². The molecule has 0 aromatic rings. The van der Waals surface area contributed by atoms with E-state index >= 15 is 0 Å². The van der Waals surface area contributed by atoms with E-state index < -0.39 is 5.60 Å². The maximum Gasteiger partial charge on any atom is 0.0743 e. The van der Waals surface area contributed by atoms with Crippen LogP contribution in [0.5, 0.6) is 0 Å². The van der Waals surface area contributed by atoms with Crippen LogP contribution in [0, 0.1) is 5.92 Å². The number of nitrogens with one attached hydrogen (secondary N) is 1.